The number of rotatable bonds is 7. The third kappa shape index (κ3) is 4.20. The van der Waals surface area contributed by atoms with Crippen molar-refractivity contribution < 1.29 is 23.7 Å². The minimum atomic E-state index is -0.271. The van der Waals surface area contributed by atoms with Crippen LogP contribution in [0.1, 0.15) is 33.2 Å². The maximum Gasteiger partial charge on any atom is 0.199 e. The maximum absolute atomic E-state index is 13.8. The number of hydrogen-bond donors (Lipinski definition) is 2. The molecule has 3 aromatic carbocycles. The Bertz CT molecular complexity index is 1650. The number of benzene rings is 3. The Balaban J connectivity index is 1.29. The minimum absolute atomic E-state index is 0.104. The molecule has 3 aliphatic heterocycles. The number of ketones is 1. The van der Waals surface area contributed by atoms with Gasteiger partial charge >= 0.3 is 0 Å². The number of Topliss-reactive ketones (excluding diaryl/α,β-unsaturated/α-hetero) is 1. The molecule has 0 bridgehead atoms. The molecule has 40 heavy (non-hydrogen) atoms. The molecule has 9 heteroatoms. The molecule has 9 nitrogen and oxygen atoms in total. The lowest BCUT2D eigenvalue weighted by Gasteiger charge is -2.29. The van der Waals surface area contributed by atoms with Crippen molar-refractivity contribution in [2.75, 3.05) is 35.0 Å². The molecule has 0 fully saturated rings. The predicted molar refractivity (Wildman–Crippen MR) is 153 cm³/mol. The lowest BCUT2D eigenvalue weighted by Crippen LogP contribution is -2.38. The molecule has 0 saturated heterocycles. The first-order valence-electron chi connectivity index (χ1n) is 12.7. The van der Waals surface area contributed by atoms with Crippen LogP contribution in [-0.4, -0.2) is 52.2 Å². The van der Waals surface area contributed by atoms with Crippen molar-refractivity contribution in [1.29, 1.82) is 0 Å². The highest BCUT2D eigenvalue weighted by Gasteiger charge is 2.35. The van der Waals surface area contributed by atoms with Gasteiger partial charge in [0.1, 0.15) is 11.9 Å². The van der Waals surface area contributed by atoms with Gasteiger partial charge in [-0.05, 0) is 47.5 Å². The van der Waals surface area contributed by atoms with Crippen LogP contribution in [0.15, 0.2) is 82.6 Å². The predicted octanol–water partition coefficient (Wildman–Crippen LogP) is 4.61. The molecule has 202 valence electrons. The summed E-state index contributed by atoms with van der Waals surface area (Å²) in [5.74, 6) is 2.43. The Labute approximate surface area is 231 Å². The average molecular weight is 537 g/mol. The topological polar surface area (TPSA) is 103 Å². The van der Waals surface area contributed by atoms with Gasteiger partial charge in [-0.25, -0.2) is 4.99 Å². The zero-order valence-electron chi connectivity index (χ0n) is 22.6. The van der Waals surface area contributed by atoms with Crippen LogP contribution in [0, 0.1) is 0 Å². The molecule has 3 aliphatic rings. The van der Waals surface area contributed by atoms with Gasteiger partial charge in [-0.15, -0.1) is 0 Å². The number of carbonyl (C=O) groups is 1. The zero-order chi connectivity index (χ0) is 27.8. The molecule has 0 amide bonds. The molecule has 0 aromatic heterocycles. The number of nitrogens with zero attached hydrogens (tertiary/aromatic N) is 2. The first kappa shape index (κ1) is 25.4. The van der Waals surface area contributed by atoms with E-state index < -0.39 is 0 Å². The van der Waals surface area contributed by atoms with E-state index >= 15 is 0 Å². The second kappa shape index (κ2) is 10.3. The standard InChI is InChI=1S/C31H28N4O5/c1-37-23-10-8-17(12-25(23)39-3)19-14-33-31(34-15-19)20-6-5-7-22-27(20)30(36)21-16-32-28(29(21)35-22)18-9-11-24(38-2)26(13-18)40-4/h5-14,16,31,33-34H,15H2,1-4H3. The third-order valence-corrected chi connectivity index (χ3v) is 7.22. The smallest absolute Gasteiger partial charge is 0.199 e. The molecular formula is C31H28N4O5. The highest BCUT2D eigenvalue weighted by Crippen LogP contribution is 2.38. The van der Waals surface area contributed by atoms with Crippen molar-refractivity contribution >= 4 is 28.5 Å². The highest BCUT2D eigenvalue weighted by molar-refractivity contribution is 6.62. The van der Waals surface area contributed by atoms with Crippen LogP contribution in [0.2, 0.25) is 0 Å². The van der Waals surface area contributed by atoms with Crippen LogP contribution in [0.4, 0.5) is 5.69 Å². The summed E-state index contributed by atoms with van der Waals surface area (Å²) >= 11 is 0. The van der Waals surface area contributed by atoms with E-state index in [-0.39, 0.29) is 11.9 Å². The summed E-state index contributed by atoms with van der Waals surface area (Å²) in [4.78, 5) is 23.3. The SMILES string of the molecule is COc1ccc(C2=CNC(c3cccc4c3C(=O)C3=CN=C(c5ccc(OC)c(OC)c5)C3=N4)NC2)cc1OC. The van der Waals surface area contributed by atoms with E-state index in [9.17, 15) is 4.79 Å². The number of aliphatic imine (C=N–C) groups is 2. The monoisotopic (exact) mass is 536 g/mol. The van der Waals surface area contributed by atoms with Crippen molar-refractivity contribution in [3.8, 4) is 23.0 Å². The summed E-state index contributed by atoms with van der Waals surface area (Å²) < 4.78 is 21.6. The molecule has 0 aliphatic carbocycles. The molecule has 0 spiro atoms. The Morgan fingerprint density at radius 1 is 0.800 bits per heavy atom. The van der Waals surface area contributed by atoms with Gasteiger partial charge in [0.2, 0.25) is 0 Å². The molecular weight excluding hydrogens is 508 g/mol. The number of fused-ring (bicyclic) bond motifs is 2. The summed E-state index contributed by atoms with van der Waals surface area (Å²) in [7, 11) is 6.41. The Morgan fingerprint density at radius 2 is 1.48 bits per heavy atom. The highest BCUT2D eigenvalue weighted by atomic mass is 16.5. The van der Waals surface area contributed by atoms with Gasteiger partial charge in [0, 0.05) is 30.1 Å². The lowest BCUT2D eigenvalue weighted by molar-refractivity contribution is 0.103. The number of hydrogen-bond acceptors (Lipinski definition) is 9. The Hall–Kier alpha value is -4.89. The van der Waals surface area contributed by atoms with E-state index in [0.717, 1.165) is 22.3 Å². The van der Waals surface area contributed by atoms with Crippen LogP contribution in [-0.2, 0) is 0 Å². The fraction of sp³-hybridized carbons (Fsp3) is 0.194. The van der Waals surface area contributed by atoms with E-state index in [1.165, 1.54) is 0 Å². The largest absolute Gasteiger partial charge is 0.493 e. The maximum atomic E-state index is 13.8. The second-order valence-corrected chi connectivity index (χ2v) is 9.34. The van der Waals surface area contributed by atoms with Crippen LogP contribution >= 0.6 is 0 Å². The molecule has 3 heterocycles. The van der Waals surface area contributed by atoms with Crippen LogP contribution < -0.4 is 29.6 Å². The number of nitrogens with one attached hydrogen (secondary N) is 2. The summed E-state index contributed by atoms with van der Waals surface area (Å²) in [5, 5.41) is 6.93. The first-order chi connectivity index (χ1) is 19.6. The third-order valence-electron chi connectivity index (χ3n) is 7.22. The Kier molecular flexibility index (Phi) is 6.57. The van der Waals surface area contributed by atoms with Gasteiger partial charge in [-0.3, -0.25) is 15.1 Å². The van der Waals surface area contributed by atoms with Crippen molar-refractivity contribution in [2.24, 2.45) is 9.98 Å². The Morgan fingerprint density at radius 3 is 2.12 bits per heavy atom. The summed E-state index contributed by atoms with van der Waals surface area (Å²) in [6, 6.07) is 17.1. The molecule has 6 rings (SSSR count). The molecule has 1 unspecified atom stereocenters. The van der Waals surface area contributed by atoms with Crippen LogP contribution in [0.5, 0.6) is 23.0 Å². The van der Waals surface area contributed by atoms with Gasteiger partial charge in [-0.2, -0.15) is 0 Å². The lowest BCUT2D eigenvalue weighted by atomic mass is 9.88. The number of methoxy groups -OCH3 is 4. The van der Waals surface area contributed by atoms with Crippen LogP contribution in [0.3, 0.4) is 0 Å². The average Bonchev–Trinajstić information content (AvgIpc) is 3.44. The van der Waals surface area contributed by atoms with Crippen molar-refractivity contribution in [1.82, 2.24) is 10.6 Å². The minimum Gasteiger partial charge on any atom is -0.493 e. The van der Waals surface area contributed by atoms with Crippen molar-refractivity contribution in [3.05, 3.63) is 94.8 Å². The summed E-state index contributed by atoms with van der Waals surface area (Å²) in [6.45, 7) is 0.592. The van der Waals surface area contributed by atoms with Crippen molar-refractivity contribution in [2.45, 2.75) is 6.17 Å². The second-order valence-electron chi connectivity index (χ2n) is 9.34. The van der Waals surface area contributed by atoms with E-state index in [2.05, 4.69) is 15.6 Å². The fourth-order valence-corrected chi connectivity index (χ4v) is 5.17. The molecule has 0 saturated carbocycles. The molecule has 2 N–H and O–H groups in total. The normalized spacial score (nSPS) is 17.4. The van der Waals surface area contributed by atoms with Gasteiger partial charge in [0.05, 0.1) is 51.0 Å². The van der Waals surface area contributed by atoms with E-state index in [0.29, 0.717) is 57.8 Å². The number of ether oxygens (including phenoxy) is 4. The summed E-state index contributed by atoms with van der Waals surface area (Å²) in [5.41, 5.74) is 6.51. The fourth-order valence-electron chi connectivity index (χ4n) is 5.17. The number of carbonyl (C=O) groups excluding carboxylic acids is 1. The quantitative estimate of drug-likeness (QED) is 0.455. The van der Waals surface area contributed by atoms with E-state index in [1.807, 2.05) is 60.8 Å². The van der Waals surface area contributed by atoms with E-state index in [4.69, 9.17) is 23.9 Å². The van der Waals surface area contributed by atoms with Crippen LogP contribution in [0.25, 0.3) is 5.57 Å². The zero-order valence-corrected chi connectivity index (χ0v) is 22.6. The first-order valence-corrected chi connectivity index (χ1v) is 12.7. The van der Waals surface area contributed by atoms with Gasteiger partial charge in [0.15, 0.2) is 28.8 Å². The van der Waals surface area contributed by atoms with Gasteiger partial charge in [0.25, 0.3) is 0 Å². The van der Waals surface area contributed by atoms with E-state index in [1.54, 1.807) is 34.6 Å². The molecule has 3 aromatic rings. The molecule has 0 radical (unpaired) electrons. The summed E-state index contributed by atoms with van der Waals surface area (Å²) in [6.07, 6.45) is 3.30. The van der Waals surface area contributed by atoms with Gasteiger partial charge in [-0.1, -0.05) is 18.2 Å². The van der Waals surface area contributed by atoms with Gasteiger partial charge < -0.3 is 24.3 Å². The number of allylic oxidation sites excluding steroid dienone is 1. The molecule has 1 atom stereocenters. The van der Waals surface area contributed by atoms with Crippen molar-refractivity contribution in [3.63, 3.8) is 0 Å².